The van der Waals surface area contributed by atoms with Gasteiger partial charge in [0.05, 0.1) is 0 Å². The number of hydrogen-bond donors (Lipinski definition) is 1. The molecule has 1 aliphatic rings. The lowest BCUT2D eigenvalue weighted by Crippen LogP contribution is -2.22. The first kappa shape index (κ1) is 7.80. The molecule has 0 saturated heterocycles. The van der Waals surface area contributed by atoms with Crippen molar-refractivity contribution in [2.24, 2.45) is 11.7 Å². The molecule has 1 rings (SSSR count). The van der Waals surface area contributed by atoms with E-state index in [1.807, 2.05) is 0 Å². The van der Waals surface area contributed by atoms with Crippen molar-refractivity contribution in [3.8, 4) is 0 Å². The summed E-state index contributed by atoms with van der Waals surface area (Å²) in [6, 6.07) is 0.433. The zero-order valence-electron chi connectivity index (χ0n) is 6.93. The fourth-order valence-corrected chi connectivity index (χ4v) is 1.40. The van der Waals surface area contributed by atoms with Gasteiger partial charge in [-0.3, -0.25) is 0 Å². The molecule has 0 heterocycles. The molecule has 0 bridgehead atoms. The highest BCUT2D eigenvalue weighted by molar-refractivity contribution is 5.09. The van der Waals surface area contributed by atoms with Gasteiger partial charge in [0, 0.05) is 6.04 Å². The van der Waals surface area contributed by atoms with Crippen LogP contribution in [0.25, 0.3) is 0 Å². The van der Waals surface area contributed by atoms with E-state index in [0.29, 0.717) is 6.04 Å². The molecule has 0 aromatic rings. The standard InChI is InChI=1S/C9H17N/c1-7(2)8-3-5-9(10)6-4-8/h3,7,9H,4-6,10H2,1-2H3/t9-/m1/s1. The van der Waals surface area contributed by atoms with Gasteiger partial charge in [-0.05, 0) is 25.2 Å². The van der Waals surface area contributed by atoms with Gasteiger partial charge in [-0.1, -0.05) is 25.5 Å². The van der Waals surface area contributed by atoms with Crippen LogP contribution in [-0.2, 0) is 0 Å². The molecule has 0 spiro atoms. The Kier molecular flexibility index (Phi) is 2.50. The summed E-state index contributed by atoms with van der Waals surface area (Å²) < 4.78 is 0. The van der Waals surface area contributed by atoms with Crippen molar-refractivity contribution in [1.82, 2.24) is 0 Å². The minimum atomic E-state index is 0.433. The van der Waals surface area contributed by atoms with Crippen LogP contribution in [-0.4, -0.2) is 6.04 Å². The van der Waals surface area contributed by atoms with Gasteiger partial charge in [-0.25, -0.2) is 0 Å². The Labute approximate surface area is 63.3 Å². The molecule has 0 amide bonds. The van der Waals surface area contributed by atoms with Crippen molar-refractivity contribution < 1.29 is 0 Å². The molecule has 0 unspecified atom stereocenters. The van der Waals surface area contributed by atoms with E-state index in [1.165, 1.54) is 12.8 Å². The molecule has 0 aromatic heterocycles. The molecule has 0 aromatic carbocycles. The minimum absolute atomic E-state index is 0.433. The second-order valence-electron chi connectivity index (χ2n) is 3.47. The van der Waals surface area contributed by atoms with Crippen molar-refractivity contribution in [1.29, 1.82) is 0 Å². The summed E-state index contributed by atoms with van der Waals surface area (Å²) in [5.74, 6) is 0.729. The van der Waals surface area contributed by atoms with Gasteiger partial charge >= 0.3 is 0 Å². The predicted octanol–water partition coefficient (Wildman–Crippen LogP) is 2.08. The quantitative estimate of drug-likeness (QED) is 0.553. The van der Waals surface area contributed by atoms with Gasteiger partial charge in [0.1, 0.15) is 0 Å². The molecule has 0 fully saturated rings. The lowest BCUT2D eigenvalue weighted by atomic mass is 9.89. The molecular formula is C9H17N. The Balaban J connectivity index is 2.48. The lowest BCUT2D eigenvalue weighted by Gasteiger charge is -2.20. The van der Waals surface area contributed by atoms with Gasteiger partial charge in [0.15, 0.2) is 0 Å². The summed E-state index contributed by atoms with van der Waals surface area (Å²) in [4.78, 5) is 0. The molecule has 0 saturated carbocycles. The van der Waals surface area contributed by atoms with Crippen molar-refractivity contribution in [3.05, 3.63) is 11.6 Å². The van der Waals surface area contributed by atoms with Crippen LogP contribution >= 0.6 is 0 Å². The summed E-state index contributed by atoms with van der Waals surface area (Å²) in [6.45, 7) is 4.51. The van der Waals surface area contributed by atoms with Crippen LogP contribution in [0, 0.1) is 5.92 Å². The van der Waals surface area contributed by atoms with E-state index in [1.54, 1.807) is 5.57 Å². The van der Waals surface area contributed by atoms with E-state index in [0.717, 1.165) is 12.3 Å². The van der Waals surface area contributed by atoms with Gasteiger partial charge in [-0.2, -0.15) is 0 Å². The summed E-state index contributed by atoms with van der Waals surface area (Å²) in [5, 5.41) is 0. The largest absolute Gasteiger partial charge is 0.327 e. The first-order chi connectivity index (χ1) is 4.70. The molecule has 1 atom stereocenters. The Bertz CT molecular complexity index is 136. The van der Waals surface area contributed by atoms with Crippen LogP contribution in [0.5, 0.6) is 0 Å². The van der Waals surface area contributed by atoms with Crippen molar-refractivity contribution in [2.45, 2.75) is 39.2 Å². The van der Waals surface area contributed by atoms with E-state index in [9.17, 15) is 0 Å². The van der Waals surface area contributed by atoms with E-state index in [2.05, 4.69) is 19.9 Å². The molecule has 58 valence electrons. The second-order valence-corrected chi connectivity index (χ2v) is 3.47. The number of hydrogen-bond acceptors (Lipinski definition) is 1. The van der Waals surface area contributed by atoms with Crippen LogP contribution in [0.2, 0.25) is 0 Å². The topological polar surface area (TPSA) is 26.0 Å². The van der Waals surface area contributed by atoms with Crippen LogP contribution in [0.3, 0.4) is 0 Å². The maximum Gasteiger partial charge on any atom is 0.00765 e. The SMILES string of the molecule is CC(C)C1=CC[C@@H](N)CC1. The van der Waals surface area contributed by atoms with Crippen molar-refractivity contribution >= 4 is 0 Å². The van der Waals surface area contributed by atoms with Gasteiger partial charge < -0.3 is 5.73 Å². The fourth-order valence-electron chi connectivity index (χ4n) is 1.40. The fraction of sp³-hybridized carbons (Fsp3) is 0.778. The van der Waals surface area contributed by atoms with Crippen LogP contribution in [0.15, 0.2) is 11.6 Å². The van der Waals surface area contributed by atoms with Crippen molar-refractivity contribution in [3.63, 3.8) is 0 Å². The normalized spacial score (nSPS) is 26.8. The van der Waals surface area contributed by atoms with Crippen LogP contribution < -0.4 is 5.73 Å². The molecule has 1 aliphatic carbocycles. The third-order valence-electron chi connectivity index (χ3n) is 2.23. The Morgan fingerprint density at radius 3 is 2.70 bits per heavy atom. The highest BCUT2D eigenvalue weighted by atomic mass is 14.6. The highest BCUT2D eigenvalue weighted by Crippen LogP contribution is 2.22. The minimum Gasteiger partial charge on any atom is -0.327 e. The molecule has 2 N–H and O–H groups in total. The second kappa shape index (κ2) is 3.20. The Hall–Kier alpha value is -0.300. The maximum atomic E-state index is 5.75. The van der Waals surface area contributed by atoms with E-state index < -0.39 is 0 Å². The van der Waals surface area contributed by atoms with Crippen LogP contribution in [0.1, 0.15) is 33.1 Å². The zero-order chi connectivity index (χ0) is 7.56. The number of nitrogens with two attached hydrogens (primary N) is 1. The maximum absolute atomic E-state index is 5.75. The first-order valence-electron chi connectivity index (χ1n) is 4.14. The lowest BCUT2D eigenvalue weighted by molar-refractivity contribution is 0.552. The van der Waals surface area contributed by atoms with Gasteiger partial charge in [0.2, 0.25) is 0 Å². The average Bonchev–Trinajstić information content (AvgIpc) is 1.88. The predicted molar refractivity (Wildman–Crippen MR) is 44.7 cm³/mol. The van der Waals surface area contributed by atoms with E-state index in [4.69, 9.17) is 5.73 Å². The molecule has 1 heteroatoms. The monoisotopic (exact) mass is 139 g/mol. The number of rotatable bonds is 1. The Morgan fingerprint density at radius 2 is 2.30 bits per heavy atom. The van der Waals surface area contributed by atoms with E-state index in [-0.39, 0.29) is 0 Å². The summed E-state index contributed by atoms with van der Waals surface area (Å²) in [5.41, 5.74) is 7.35. The smallest absolute Gasteiger partial charge is 0.00765 e. The first-order valence-corrected chi connectivity index (χ1v) is 4.14. The average molecular weight is 139 g/mol. The van der Waals surface area contributed by atoms with Gasteiger partial charge in [-0.15, -0.1) is 0 Å². The number of allylic oxidation sites excluding steroid dienone is 1. The van der Waals surface area contributed by atoms with Crippen molar-refractivity contribution in [2.75, 3.05) is 0 Å². The summed E-state index contributed by atoms with van der Waals surface area (Å²) in [7, 11) is 0. The van der Waals surface area contributed by atoms with Gasteiger partial charge in [0.25, 0.3) is 0 Å². The molecule has 10 heavy (non-hydrogen) atoms. The highest BCUT2D eigenvalue weighted by Gasteiger charge is 2.11. The third kappa shape index (κ3) is 1.84. The van der Waals surface area contributed by atoms with E-state index >= 15 is 0 Å². The molecule has 0 aliphatic heterocycles. The summed E-state index contributed by atoms with van der Waals surface area (Å²) >= 11 is 0. The molecule has 1 nitrogen and oxygen atoms in total. The van der Waals surface area contributed by atoms with Crippen LogP contribution in [0.4, 0.5) is 0 Å². The third-order valence-corrected chi connectivity index (χ3v) is 2.23. The molecule has 0 radical (unpaired) electrons. The molecular weight excluding hydrogens is 122 g/mol. The Morgan fingerprint density at radius 1 is 1.60 bits per heavy atom. The summed E-state index contributed by atoms with van der Waals surface area (Å²) in [6.07, 6.45) is 5.81. The zero-order valence-corrected chi connectivity index (χ0v) is 6.93.